The van der Waals surface area contributed by atoms with Crippen molar-refractivity contribution < 1.29 is 19.4 Å². The van der Waals surface area contributed by atoms with Crippen LogP contribution in [0.1, 0.15) is 41.0 Å². The van der Waals surface area contributed by atoms with E-state index in [4.69, 9.17) is 4.74 Å². The van der Waals surface area contributed by atoms with Gasteiger partial charge in [-0.05, 0) is 17.9 Å². The van der Waals surface area contributed by atoms with Crippen LogP contribution in [0.3, 0.4) is 0 Å². The van der Waals surface area contributed by atoms with Crippen molar-refractivity contribution in [1.82, 2.24) is 20.3 Å². The first-order valence-corrected chi connectivity index (χ1v) is 8.16. The Hall–Kier alpha value is -2.90. The quantitative estimate of drug-likeness (QED) is 0.881. The van der Waals surface area contributed by atoms with Crippen molar-refractivity contribution in [2.24, 2.45) is 5.92 Å². The van der Waals surface area contributed by atoms with Gasteiger partial charge in [0.2, 0.25) is 0 Å². The zero-order chi connectivity index (χ0) is 17.8. The van der Waals surface area contributed by atoms with Crippen LogP contribution in [0.2, 0.25) is 0 Å². The molecule has 2 heterocycles. The van der Waals surface area contributed by atoms with Crippen LogP contribution in [0.15, 0.2) is 30.3 Å². The molecule has 0 spiro atoms. The molecule has 0 saturated carbocycles. The minimum atomic E-state index is -1.10. The van der Waals surface area contributed by atoms with E-state index in [9.17, 15) is 14.7 Å². The lowest BCUT2D eigenvalue weighted by molar-refractivity contribution is 0.0675. The Morgan fingerprint density at radius 1 is 1.32 bits per heavy atom. The molecule has 1 aliphatic heterocycles. The molecule has 8 heteroatoms. The number of benzene rings is 1. The van der Waals surface area contributed by atoms with E-state index in [1.54, 1.807) is 4.90 Å². The first-order valence-electron chi connectivity index (χ1n) is 8.16. The van der Waals surface area contributed by atoms with Gasteiger partial charge in [-0.25, -0.2) is 9.59 Å². The molecular weight excluding hydrogens is 324 g/mol. The molecule has 2 atom stereocenters. The number of aromatic carboxylic acids is 1. The van der Waals surface area contributed by atoms with E-state index < -0.39 is 5.97 Å². The van der Waals surface area contributed by atoms with Crippen LogP contribution in [0, 0.1) is 5.92 Å². The number of H-pyrrole nitrogens is 1. The molecule has 0 bridgehead atoms. The second-order valence-electron chi connectivity index (χ2n) is 6.22. The van der Waals surface area contributed by atoms with Crippen molar-refractivity contribution in [2.75, 3.05) is 13.1 Å². The second kappa shape index (κ2) is 7.33. The number of nitrogens with one attached hydrogen (secondary N) is 1. The third-order valence-corrected chi connectivity index (χ3v) is 4.50. The number of nitrogens with zero attached hydrogens (tertiary/aromatic N) is 3. The molecule has 1 aromatic heterocycles. The third-order valence-electron chi connectivity index (χ3n) is 4.50. The minimum absolute atomic E-state index is 0.0445. The van der Waals surface area contributed by atoms with E-state index in [0.29, 0.717) is 25.2 Å². The predicted molar refractivity (Wildman–Crippen MR) is 88.1 cm³/mol. The number of carboxylic acid groups (broad SMARTS) is 1. The highest BCUT2D eigenvalue weighted by Crippen LogP contribution is 2.33. The Morgan fingerprint density at radius 3 is 2.76 bits per heavy atom. The van der Waals surface area contributed by atoms with Gasteiger partial charge in [0.1, 0.15) is 12.3 Å². The molecule has 3 rings (SSSR count). The third kappa shape index (κ3) is 3.78. The number of hydrogen-bond acceptors (Lipinski definition) is 5. The normalized spacial score (nSPS) is 20.3. The number of aromatic amines is 1. The van der Waals surface area contributed by atoms with Gasteiger partial charge in [-0.1, -0.05) is 37.3 Å². The summed E-state index contributed by atoms with van der Waals surface area (Å²) in [5.41, 5.74) is 1.35. The fourth-order valence-electron chi connectivity index (χ4n) is 3.18. The minimum Gasteiger partial charge on any atom is -0.476 e. The fourth-order valence-corrected chi connectivity index (χ4v) is 3.18. The van der Waals surface area contributed by atoms with Crippen molar-refractivity contribution in [3.8, 4) is 0 Å². The molecule has 2 unspecified atom stereocenters. The highest BCUT2D eigenvalue weighted by atomic mass is 16.6. The number of rotatable bonds is 4. The van der Waals surface area contributed by atoms with Crippen molar-refractivity contribution in [3.63, 3.8) is 0 Å². The monoisotopic (exact) mass is 344 g/mol. The first-order chi connectivity index (χ1) is 12.1. The van der Waals surface area contributed by atoms with E-state index in [1.807, 2.05) is 37.3 Å². The van der Waals surface area contributed by atoms with Gasteiger partial charge >= 0.3 is 12.1 Å². The van der Waals surface area contributed by atoms with Crippen LogP contribution in [-0.2, 0) is 11.3 Å². The van der Waals surface area contributed by atoms with Crippen LogP contribution in [0.4, 0.5) is 4.79 Å². The van der Waals surface area contributed by atoms with Gasteiger partial charge in [0.25, 0.3) is 0 Å². The molecule has 1 aliphatic rings. The van der Waals surface area contributed by atoms with Gasteiger partial charge in [0, 0.05) is 19.0 Å². The van der Waals surface area contributed by atoms with Gasteiger partial charge in [0.15, 0.2) is 5.69 Å². The maximum atomic E-state index is 12.3. The molecule has 0 aliphatic carbocycles. The lowest BCUT2D eigenvalue weighted by Gasteiger charge is -2.35. The number of amides is 1. The fraction of sp³-hybridized carbons (Fsp3) is 0.412. The van der Waals surface area contributed by atoms with Crippen LogP contribution in [0.5, 0.6) is 0 Å². The van der Waals surface area contributed by atoms with E-state index in [-0.39, 0.29) is 30.2 Å². The lowest BCUT2D eigenvalue weighted by Crippen LogP contribution is -2.42. The maximum Gasteiger partial charge on any atom is 0.410 e. The number of carbonyl (C=O) groups is 2. The highest BCUT2D eigenvalue weighted by molar-refractivity contribution is 5.86. The summed E-state index contributed by atoms with van der Waals surface area (Å²) in [5, 5.41) is 19.3. The molecule has 0 radical (unpaired) electrons. The van der Waals surface area contributed by atoms with Crippen LogP contribution >= 0.6 is 0 Å². The standard InChI is InChI=1S/C17H20N4O4/c1-11-9-21(17(24)25-10-12-5-3-2-4-6-12)8-7-13(11)14-15(16(22)23)19-20-18-14/h2-6,11,13H,7-10H2,1H3,(H,22,23)(H,18,19,20). The molecule has 2 aromatic rings. The van der Waals surface area contributed by atoms with Crippen molar-refractivity contribution in [1.29, 1.82) is 0 Å². The van der Waals surface area contributed by atoms with Gasteiger partial charge in [-0.3, -0.25) is 0 Å². The average Bonchev–Trinajstić information content (AvgIpc) is 3.10. The zero-order valence-corrected chi connectivity index (χ0v) is 13.9. The second-order valence-corrected chi connectivity index (χ2v) is 6.22. The summed E-state index contributed by atoms with van der Waals surface area (Å²) in [5.74, 6) is -1.09. The number of carbonyl (C=O) groups excluding carboxylic acids is 1. The molecule has 2 N–H and O–H groups in total. The largest absolute Gasteiger partial charge is 0.476 e. The summed E-state index contributed by atoms with van der Waals surface area (Å²) in [6.45, 7) is 3.20. The summed E-state index contributed by atoms with van der Waals surface area (Å²) in [7, 11) is 0. The summed E-state index contributed by atoms with van der Waals surface area (Å²) < 4.78 is 5.36. The Balaban J connectivity index is 1.58. The number of hydrogen-bond donors (Lipinski definition) is 2. The molecule has 1 aromatic carbocycles. The Labute approximate surface area is 144 Å². The van der Waals surface area contributed by atoms with E-state index in [2.05, 4.69) is 15.4 Å². The van der Waals surface area contributed by atoms with Crippen LogP contribution in [0.25, 0.3) is 0 Å². The Morgan fingerprint density at radius 2 is 2.08 bits per heavy atom. The first kappa shape index (κ1) is 16.9. The summed E-state index contributed by atoms with van der Waals surface area (Å²) in [6, 6.07) is 9.51. The lowest BCUT2D eigenvalue weighted by atomic mass is 9.84. The molecule has 1 amide bonds. The molecule has 1 saturated heterocycles. The predicted octanol–water partition coefficient (Wildman–Crippen LogP) is 2.27. The van der Waals surface area contributed by atoms with E-state index in [1.165, 1.54) is 0 Å². The molecule has 8 nitrogen and oxygen atoms in total. The van der Waals surface area contributed by atoms with Gasteiger partial charge in [-0.15, -0.1) is 5.10 Å². The van der Waals surface area contributed by atoms with Gasteiger partial charge < -0.3 is 14.7 Å². The van der Waals surface area contributed by atoms with Crippen molar-refractivity contribution >= 4 is 12.1 Å². The molecule has 25 heavy (non-hydrogen) atoms. The van der Waals surface area contributed by atoms with E-state index in [0.717, 1.165) is 5.56 Å². The van der Waals surface area contributed by atoms with Gasteiger partial charge in [0.05, 0.1) is 0 Å². The topological polar surface area (TPSA) is 108 Å². The van der Waals surface area contributed by atoms with Crippen LogP contribution in [-0.4, -0.2) is 50.6 Å². The number of ether oxygens (including phenoxy) is 1. The number of likely N-dealkylation sites (tertiary alicyclic amines) is 1. The summed E-state index contributed by atoms with van der Waals surface area (Å²) in [4.78, 5) is 25.1. The van der Waals surface area contributed by atoms with E-state index >= 15 is 0 Å². The number of carboxylic acids is 1. The number of aromatic nitrogens is 3. The highest BCUT2D eigenvalue weighted by Gasteiger charge is 2.34. The summed E-state index contributed by atoms with van der Waals surface area (Å²) >= 11 is 0. The smallest absolute Gasteiger partial charge is 0.410 e. The van der Waals surface area contributed by atoms with Gasteiger partial charge in [-0.2, -0.15) is 10.3 Å². The molecule has 1 fully saturated rings. The Bertz CT molecular complexity index is 746. The SMILES string of the molecule is CC1CN(C(=O)OCc2ccccc2)CCC1c1n[nH]nc1C(=O)O. The van der Waals surface area contributed by atoms with Crippen molar-refractivity contribution in [2.45, 2.75) is 25.9 Å². The Kier molecular flexibility index (Phi) is 4.97. The number of piperidine rings is 1. The maximum absolute atomic E-state index is 12.3. The molecule has 132 valence electrons. The molecular formula is C17H20N4O4. The summed E-state index contributed by atoms with van der Waals surface area (Å²) in [6.07, 6.45) is 0.266. The van der Waals surface area contributed by atoms with Crippen LogP contribution < -0.4 is 0 Å². The average molecular weight is 344 g/mol. The van der Waals surface area contributed by atoms with Crippen molar-refractivity contribution in [3.05, 3.63) is 47.3 Å². The zero-order valence-electron chi connectivity index (χ0n) is 13.9.